The number of rotatable bonds is 11. The van der Waals surface area contributed by atoms with Gasteiger partial charge in [-0.25, -0.2) is 0 Å². The molecule has 38 heavy (non-hydrogen) atoms. The largest absolute Gasteiger partial charge is 0.494 e. The maximum atomic E-state index is 13.7. The van der Waals surface area contributed by atoms with E-state index in [-0.39, 0.29) is 19.0 Å². The molecule has 1 atom stereocenters. The third-order valence-electron chi connectivity index (χ3n) is 5.76. The molecule has 0 fully saturated rings. The average molecular weight is 532 g/mol. The summed E-state index contributed by atoms with van der Waals surface area (Å²) in [5, 5.41) is 7.36. The molecule has 1 unspecified atom stereocenters. The van der Waals surface area contributed by atoms with Crippen LogP contribution in [0.4, 0.5) is 5.69 Å². The summed E-state index contributed by atoms with van der Waals surface area (Å²) in [4.78, 5) is 41.9. The zero-order chi connectivity index (χ0) is 26.9. The lowest BCUT2D eigenvalue weighted by atomic mass is 10.0. The van der Waals surface area contributed by atoms with Crippen molar-refractivity contribution in [3.8, 4) is 5.75 Å². The van der Waals surface area contributed by atoms with Crippen LogP contribution in [0, 0.1) is 6.92 Å². The van der Waals surface area contributed by atoms with Gasteiger partial charge in [-0.05, 0) is 67.3 Å². The number of amides is 3. The zero-order valence-corrected chi connectivity index (χ0v) is 22.0. The first-order valence-corrected chi connectivity index (χ1v) is 13.1. The third-order valence-corrected chi connectivity index (χ3v) is 6.62. The molecule has 4 aromatic rings. The Hall–Kier alpha value is -4.37. The fourth-order valence-corrected chi connectivity index (χ4v) is 4.53. The van der Waals surface area contributed by atoms with Crippen molar-refractivity contribution in [1.82, 2.24) is 10.6 Å². The molecule has 2 heterocycles. The van der Waals surface area contributed by atoms with E-state index >= 15 is 0 Å². The Morgan fingerprint density at radius 2 is 1.74 bits per heavy atom. The second-order valence-corrected chi connectivity index (χ2v) is 9.41. The highest BCUT2D eigenvalue weighted by Crippen LogP contribution is 2.30. The summed E-state index contributed by atoms with van der Waals surface area (Å²) in [5.74, 6) is 0.0379. The summed E-state index contributed by atoms with van der Waals surface area (Å²) in [6.45, 7) is 4.20. The lowest BCUT2D eigenvalue weighted by Gasteiger charge is -2.31. The number of hydrogen-bond donors (Lipinski definition) is 2. The monoisotopic (exact) mass is 531 g/mol. The molecule has 0 aliphatic rings. The van der Waals surface area contributed by atoms with Crippen LogP contribution in [0.1, 0.15) is 39.5 Å². The number of hydrogen-bond acceptors (Lipinski definition) is 6. The Balaban J connectivity index is 1.68. The van der Waals surface area contributed by atoms with Gasteiger partial charge in [0, 0.05) is 5.69 Å². The van der Waals surface area contributed by atoms with E-state index in [0.717, 1.165) is 5.56 Å². The minimum Gasteiger partial charge on any atom is -0.494 e. The SMILES string of the molecule is CCOc1ccc(N(C(=O)CNC(=O)c2cccs2)C(C(=O)NCc2ccco2)c2ccc(C)cc2)cc1. The van der Waals surface area contributed by atoms with Gasteiger partial charge in [-0.3, -0.25) is 19.3 Å². The lowest BCUT2D eigenvalue weighted by Crippen LogP contribution is -2.47. The molecular formula is C29H29N3O5S. The van der Waals surface area contributed by atoms with Gasteiger partial charge in [-0.15, -0.1) is 11.3 Å². The Labute approximate surface area is 225 Å². The molecular weight excluding hydrogens is 502 g/mol. The number of thiophene rings is 1. The highest BCUT2D eigenvalue weighted by atomic mass is 32.1. The number of nitrogens with zero attached hydrogens (tertiary/aromatic N) is 1. The molecule has 9 heteroatoms. The van der Waals surface area contributed by atoms with E-state index in [9.17, 15) is 14.4 Å². The van der Waals surface area contributed by atoms with Crippen molar-refractivity contribution in [2.75, 3.05) is 18.1 Å². The number of furan rings is 1. The fourth-order valence-electron chi connectivity index (χ4n) is 3.89. The van der Waals surface area contributed by atoms with Gasteiger partial charge < -0.3 is 19.8 Å². The van der Waals surface area contributed by atoms with E-state index in [1.54, 1.807) is 53.9 Å². The minimum atomic E-state index is -1.00. The predicted molar refractivity (Wildman–Crippen MR) is 146 cm³/mol. The van der Waals surface area contributed by atoms with Crippen molar-refractivity contribution in [2.45, 2.75) is 26.4 Å². The van der Waals surface area contributed by atoms with Gasteiger partial charge in [0.1, 0.15) is 17.6 Å². The third kappa shape index (κ3) is 6.68. The highest BCUT2D eigenvalue weighted by molar-refractivity contribution is 7.12. The maximum absolute atomic E-state index is 13.7. The number of benzene rings is 2. The van der Waals surface area contributed by atoms with E-state index in [1.165, 1.54) is 22.5 Å². The second-order valence-electron chi connectivity index (χ2n) is 8.46. The number of nitrogens with one attached hydrogen (secondary N) is 2. The van der Waals surface area contributed by atoms with Crippen molar-refractivity contribution >= 4 is 34.7 Å². The molecule has 0 radical (unpaired) electrons. The minimum absolute atomic E-state index is 0.161. The van der Waals surface area contributed by atoms with E-state index < -0.39 is 17.9 Å². The molecule has 0 bridgehead atoms. The van der Waals surface area contributed by atoms with Crippen LogP contribution in [-0.2, 0) is 16.1 Å². The smallest absolute Gasteiger partial charge is 0.261 e. The van der Waals surface area contributed by atoms with E-state index in [4.69, 9.17) is 9.15 Å². The molecule has 0 aliphatic carbocycles. The van der Waals surface area contributed by atoms with Crippen molar-refractivity contribution in [3.63, 3.8) is 0 Å². The van der Waals surface area contributed by atoms with Crippen molar-refractivity contribution in [3.05, 3.63) is 106 Å². The van der Waals surface area contributed by atoms with Gasteiger partial charge in [-0.2, -0.15) is 0 Å². The van der Waals surface area contributed by atoms with E-state index in [0.29, 0.717) is 34.2 Å². The maximum Gasteiger partial charge on any atom is 0.261 e. The van der Waals surface area contributed by atoms with Crippen molar-refractivity contribution < 1.29 is 23.5 Å². The molecule has 0 aliphatic heterocycles. The number of anilines is 1. The standard InChI is InChI=1S/C29H29N3O5S/c1-3-36-23-14-12-22(13-15-23)32(26(33)19-31-28(34)25-7-5-17-38-25)27(21-10-8-20(2)9-11-21)29(35)30-18-24-6-4-16-37-24/h4-17,27H,3,18-19H2,1-2H3,(H,30,35)(H,31,34). The molecule has 0 spiro atoms. The normalized spacial score (nSPS) is 11.4. The summed E-state index contributed by atoms with van der Waals surface area (Å²) in [5.41, 5.74) is 2.13. The van der Waals surface area contributed by atoms with E-state index in [2.05, 4.69) is 10.6 Å². The molecule has 4 rings (SSSR count). The van der Waals surface area contributed by atoms with Gasteiger partial charge >= 0.3 is 0 Å². The summed E-state index contributed by atoms with van der Waals surface area (Å²) in [6.07, 6.45) is 1.53. The number of aryl methyl sites for hydroxylation is 1. The van der Waals surface area contributed by atoms with Gasteiger partial charge in [0.2, 0.25) is 11.8 Å². The Morgan fingerprint density at radius 3 is 2.37 bits per heavy atom. The predicted octanol–water partition coefficient (Wildman–Crippen LogP) is 4.87. The summed E-state index contributed by atoms with van der Waals surface area (Å²) < 4.78 is 10.9. The van der Waals surface area contributed by atoms with Crippen LogP contribution in [0.5, 0.6) is 5.75 Å². The molecule has 8 nitrogen and oxygen atoms in total. The number of ether oxygens (including phenoxy) is 1. The Kier molecular flexibility index (Phi) is 8.94. The first-order chi connectivity index (χ1) is 18.5. The molecule has 0 saturated carbocycles. The summed E-state index contributed by atoms with van der Waals surface area (Å²) >= 11 is 1.28. The van der Waals surface area contributed by atoms with Crippen LogP contribution >= 0.6 is 11.3 Å². The molecule has 0 saturated heterocycles. The highest BCUT2D eigenvalue weighted by Gasteiger charge is 2.33. The van der Waals surface area contributed by atoms with E-state index in [1.807, 2.05) is 38.1 Å². The molecule has 196 valence electrons. The molecule has 2 aromatic heterocycles. The summed E-state index contributed by atoms with van der Waals surface area (Å²) in [7, 11) is 0. The topological polar surface area (TPSA) is 101 Å². The lowest BCUT2D eigenvalue weighted by molar-refractivity contribution is -0.126. The molecule has 2 N–H and O–H groups in total. The second kappa shape index (κ2) is 12.7. The van der Waals surface area contributed by atoms with Crippen LogP contribution < -0.4 is 20.3 Å². The zero-order valence-electron chi connectivity index (χ0n) is 21.2. The fraction of sp³-hybridized carbons (Fsp3) is 0.207. The molecule has 3 amide bonds. The van der Waals surface area contributed by atoms with Crippen LogP contribution in [-0.4, -0.2) is 30.9 Å². The average Bonchev–Trinajstić information content (AvgIpc) is 3.65. The number of carbonyl (C=O) groups is 3. The first kappa shape index (κ1) is 26.7. The number of carbonyl (C=O) groups excluding carboxylic acids is 3. The molecule has 2 aromatic carbocycles. The van der Waals surface area contributed by atoms with Gasteiger partial charge in [-0.1, -0.05) is 35.9 Å². The van der Waals surface area contributed by atoms with Crippen molar-refractivity contribution in [2.24, 2.45) is 0 Å². The Bertz CT molecular complexity index is 1330. The Morgan fingerprint density at radius 1 is 0.974 bits per heavy atom. The van der Waals surface area contributed by atoms with Crippen LogP contribution in [0.3, 0.4) is 0 Å². The van der Waals surface area contributed by atoms with Gasteiger partial charge in [0.25, 0.3) is 5.91 Å². The van der Waals surface area contributed by atoms with Gasteiger partial charge in [0.15, 0.2) is 0 Å². The van der Waals surface area contributed by atoms with Crippen LogP contribution in [0.15, 0.2) is 88.9 Å². The van der Waals surface area contributed by atoms with Crippen LogP contribution in [0.25, 0.3) is 0 Å². The van der Waals surface area contributed by atoms with Crippen molar-refractivity contribution in [1.29, 1.82) is 0 Å². The van der Waals surface area contributed by atoms with Crippen LogP contribution in [0.2, 0.25) is 0 Å². The first-order valence-electron chi connectivity index (χ1n) is 12.2. The quantitative estimate of drug-likeness (QED) is 0.288. The summed E-state index contributed by atoms with van der Waals surface area (Å²) in [6, 6.07) is 20.3. The van der Waals surface area contributed by atoms with Gasteiger partial charge in [0.05, 0.1) is 30.8 Å².